The van der Waals surface area contributed by atoms with Crippen LogP contribution in [-0.4, -0.2) is 21.8 Å². The molecule has 1 fully saturated rings. The largest absolute Gasteiger partial charge is 0.443 e. The Bertz CT molecular complexity index is 1590. The van der Waals surface area contributed by atoms with Crippen molar-refractivity contribution < 1.29 is 9.53 Å². The second-order valence-electron chi connectivity index (χ2n) is 9.33. The van der Waals surface area contributed by atoms with Crippen molar-refractivity contribution in [1.82, 2.24) is 5.01 Å². The first-order chi connectivity index (χ1) is 18.6. The molecular formula is C31H22BrN3O2S. The number of ether oxygens (including phenoxy) is 1. The van der Waals surface area contributed by atoms with E-state index in [9.17, 15) is 4.79 Å². The van der Waals surface area contributed by atoms with E-state index in [2.05, 4.69) is 34.1 Å². The third-order valence-electron chi connectivity index (χ3n) is 7.03. The van der Waals surface area contributed by atoms with Crippen LogP contribution in [0.1, 0.15) is 29.2 Å². The van der Waals surface area contributed by atoms with Gasteiger partial charge in [-0.15, -0.1) is 0 Å². The summed E-state index contributed by atoms with van der Waals surface area (Å²) in [4.78, 5) is 16.4. The lowest BCUT2D eigenvalue weighted by Crippen LogP contribution is -2.63. The molecule has 2 atom stereocenters. The zero-order valence-electron chi connectivity index (χ0n) is 20.2. The van der Waals surface area contributed by atoms with Crippen LogP contribution in [0.2, 0.25) is 0 Å². The normalized spacial score (nSPS) is 22.9. The molecule has 0 saturated carbocycles. The molecule has 186 valence electrons. The molecule has 0 radical (unpaired) electrons. The minimum Gasteiger partial charge on any atom is -0.443 e. The lowest BCUT2D eigenvalue weighted by Gasteiger charge is -2.49. The Kier molecular flexibility index (Phi) is 5.64. The van der Waals surface area contributed by atoms with E-state index in [1.807, 2.05) is 102 Å². The number of halogens is 1. The van der Waals surface area contributed by atoms with Gasteiger partial charge in [-0.05, 0) is 59.3 Å². The molecule has 7 rings (SSSR count). The molecule has 0 aromatic heterocycles. The summed E-state index contributed by atoms with van der Waals surface area (Å²) in [6, 6.07) is 35.9. The van der Waals surface area contributed by atoms with Crippen LogP contribution in [-0.2, 0) is 0 Å². The molecule has 5 nitrogen and oxygen atoms in total. The van der Waals surface area contributed by atoms with Crippen molar-refractivity contribution in [2.75, 3.05) is 4.90 Å². The monoisotopic (exact) mass is 579 g/mol. The second kappa shape index (κ2) is 9.19. The molecule has 1 saturated heterocycles. The smallest absolute Gasteiger partial charge is 0.321 e. The number of fused-ring (bicyclic) bond motifs is 4. The van der Waals surface area contributed by atoms with Crippen molar-refractivity contribution in [3.05, 3.63) is 135 Å². The van der Waals surface area contributed by atoms with E-state index >= 15 is 0 Å². The number of amides is 1. The highest BCUT2D eigenvalue weighted by Crippen LogP contribution is 2.57. The summed E-state index contributed by atoms with van der Waals surface area (Å²) < 4.78 is 7.94. The average molecular weight is 581 g/mol. The summed E-state index contributed by atoms with van der Waals surface area (Å²) in [5, 5.41) is 7.10. The number of hydrogen-bond donors (Lipinski definition) is 0. The van der Waals surface area contributed by atoms with Crippen LogP contribution >= 0.6 is 27.7 Å². The van der Waals surface area contributed by atoms with E-state index < -0.39 is 5.85 Å². The Hall–Kier alpha value is -3.81. The first-order valence-corrected chi connectivity index (χ1v) is 14.0. The van der Waals surface area contributed by atoms with Crippen LogP contribution in [0.15, 0.2) is 124 Å². The third-order valence-corrected chi connectivity index (χ3v) is 8.48. The summed E-state index contributed by atoms with van der Waals surface area (Å²) in [6.07, 6.45) is 2.74. The van der Waals surface area contributed by atoms with Crippen molar-refractivity contribution in [1.29, 1.82) is 0 Å². The average Bonchev–Trinajstić information content (AvgIpc) is 3.52. The zero-order valence-corrected chi connectivity index (χ0v) is 22.6. The number of hydrogen-bond acceptors (Lipinski definition) is 5. The molecule has 2 unspecified atom stereocenters. The maximum absolute atomic E-state index is 13.8. The Labute approximate surface area is 233 Å². The van der Waals surface area contributed by atoms with Crippen LogP contribution in [0, 0.1) is 0 Å². The fraction of sp³-hybridized carbons (Fsp3) is 0.0968. The van der Waals surface area contributed by atoms with Gasteiger partial charge < -0.3 is 4.74 Å². The van der Waals surface area contributed by atoms with E-state index in [1.54, 1.807) is 4.90 Å². The summed E-state index contributed by atoms with van der Waals surface area (Å²) in [6.45, 7) is 0. The minimum atomic E-state index is -1.28. The van der Waals surface area contributed by atoms with Gasteiger partial charge in [-0.25, -0.2) is 9.91 Å². The van der Waals surface area contributed by atoms with Crippen LogP contribution in [0.3, 0.4) is 0 Å². The van der Waals surface area contributed by atoms with Crippen molar-refractivity contribution in [3.63, 3.8) is 0 Å². The number of nitrogens with zero attached hydrogens (tertiary/aromatic N) is 3. The van der Waals surface area contributed by atoms with Crippen molar-refractivity contribution >= 4 is 50.4 Å². The molecule has 3 aliphatic rings. The fourth-order valence-electron chi connectivity index (χ4n) is 5.34. The van der Waals surface area contributed by atoms with Gasteiger partial charge in [0, 0.05) is 16.5 Å². The van der Waals surface area contributed by atoms with Gasteiger partial charge in [0.1, 0.15) is 5.75 Å². The lowest BCUT2D eigenvalue weighted by atomic mass is 9.95. The van der Waals surface area contributed by atoms with Crippen LogP contribution in [0.4, 0.5) is 10.5 Å². The number of carbonyl (C=O) groups excluding carboxylic acids is 1. The Morgan fingerprint density at radius 1 is 0.921 bits per heavy atom. The van der Waals surface area contributed by atoms with Gasteiger partial charge in [0.15, 0.2) is 0 Å². The summed E-state index contributed by atoms with van der Waals surface area (Å²) in [5.74, 6) is -0.532. The number of rotatable bonds is 3. The van der Waals surface area contributed by atoms with Gasteiger partial charge in [0.05, 0.1) is 22.3 Å². The highest BCUT2D eigenvalue weighted by atomic mass is 79.9. The Morgan fingerprint density at radius 2 is 1.61 bits per heavy atom. The number of benzene rings is 4. The number of carbonyl (C=O) groups is 1. The maximum atomic E-state index is 13.8. The topological polar surface area (TPSA) is 45.1 Å². The molecule has 3 heterocycles. The van der Waals surface area contributed by atoms with Crippen molar-refractivity contribution in [2.45, 2.75) is 18.3 Å². The molecule has 0 bridgehead atoms. The Balaban J connectivity index is 1.49. The molecule has 38 heavy (non-hydrogen) atoms. The van der Waals surface area contributed by atoms with E-state index in [4.69, 9.17) is 9.84 Å². The molecule has 7 heteroatoms. The highest BCUT2D eigenvalue weighted by molar-refractivity contribution is 9.10. The second-order valence-corrected chi connectivity index (χ2v) is 11.2. The summed E-state index contributed by atoms with van der Waals surface area (Å²) >= 11 is 4.84. The van der Waals surface area contributed by atoms with E-state index in [-0.39, 0.29) is 11.3 Å². The molecule has 0 aliphatic carbocycles. The quantitative estimate of drug-likeness (QED) is 0.246. The standard InChI is InChI=1S/C31H22BrN3O2S/c32-23-16-17-28-25(19-23)27-20-26(22-12-6-2-7-13-22)33-35(27)31(37-28)29(18-21-10-4-1-5-11-21)38-30(36)34(31)24-14-8-3-9-15-24/h1-19,27H,20H2/b29-18-. The SMILES string of the molecule is O=C1S/C(=C\c2ccccc2)C2(Oc3ccc(Br)cc3C3CC(c4ccccc4)=NN32)N1c1ccccc1. The van der Waals surface area contributed by atoms with Crippen LogP contribution in [0.25, 0.3) is 6.08 Å². The van der Waals surface area contributed by atoms with Gasteiger partial charge in [-0.1, -0.05) is 94.8 Å². The predicted molar refractivity (Wildman–Crippen MR) is 156 cm³/mol. The first-order valence-electron chi connectivity index (χ1n) is 12.4. The number of para-hydroxylation sites is 1. The molecule has 0 N–H and O–H groups in total. The molecule has 4 aromatic carbocycles. The van der Waals surface area contributed by atoms with Gasteiger partial charge in [0.25, 0.3) is 5.24 Å². The van der Waals surface area contributed by atoms with Gasteiger partial charge >= 0.3 is 5.85 Å². The number of thioether (sulfide) groups is 1. The van der Waals surface area contributed by atoms with Crippen molar-refractivity contribution in [2.24, 2.45) is 5.10 Å². The highest BCUT2D eigenvalue weighted by Gasteiger charge is 2.63. The number of hydrazone groups is 1. The third kappa shape index (κ3) is 3.68. The predicted octanol–water partition coefficient (Wildman–Crippen LogP) is 8.06. The maximum Gasteiger partial charge on any atom is 0.321 e. The Morgan fingerprint density at radius 3 is 2.34 bits per heavy atom. The van der Waals surface area contributed by atoms with Crippen molar-refractivity contribution in [3.8, 4) is 5.75 Å². The molecule has 3 aliphatic heterocycles. The van der Waals surface area contributed by atoms with E-state index in [0.29, 0.717) is 6.42 Å². The molecular weight excluding hydrogens is 558 g/mol. The van der Waals surface area contributed by atoms with E-state index in [0.717, 1.165) is 43.2 Å². The van der Waals surface area contributed by atoms with Gasteiger partial charge in [0.2, 0.25) is 0 Å². The summed E-state index contributed by atoms with van der Waals surface area (Å²) in [7, 11) is 0. The first kappa shape index (κ1) is 23.3. The molecule has 1 spiro atoms. The molecule has 1 amide bonds. The van der Waals surface area contributed by atoms with E-state index in [1.165, 1.54) is 11.8 Å². The lowest BCUT2D eigenvalue weighted by molar-refractivity contribution is -0.0763. The van der Waals surface area contributed by atoms with Crippen LogP contribution in [0.5, 0.6) is 5.75 Å². The molecule has 4 aromatic rings. The van der Waals surface area contributed by atoms with Crippen LogP contribution < -0.4 is 9.64 Å². The fourth-order valence-corrected chi connectivity index (χ4v) is 6.78. The zero-order chi connectivity index (χ0) is 25.7. The number of anilines is 1. The van der Waals surface area contributed by atoms with Gasteiger partial charge in [-0.3, -0.25) is 4.79 Å². The minimum absolute atomic E-state index is 0.110. The summed E-state index contributed by atoms with van der Waals surface area (Å²) in [5.41, 5.74) is 4.80. The van der Waals surface area contributed by atoms with Gasteiger partial charge in [-0.2, -0.15) is 5.10 Å².